The fourth-order valence-corrected chi connectivity index (χ4v) is 7.64. The smallest absolute Gasteiger partial charge is 0.230 e. The van der Waals surface area contributed by atoms with Gasteiger partial charge in [-0.25, -0.2) is 0 Å². The van der Waals surface area contributed by atoms with Crippen LogP contribution in [0.25, 0.3) is 0 Å². The zero-order valence-electron chi connectivity index (χ0n) is 23.7. The fraction of sp³-hybridized carbons (Fsp3) is 0.500. The summed E-state index contributed by atoms with van der Waals surface area (Å²) in [5.74, 6) is 0.0730. The molecule has 1 spiro atoms. The summed E-state index contributed by atoms with van der Waals surface area (Å²) in [7, 11) is 1.60. The summed E-state index contributed by atoms with van der Waals surface area (Å²) < 4.78 is 11.9. The molecular weight excluding hydrogens is 502 g/mol. The molecule has 7 atom stereocenters. The van der Waals surface area contributed by atoms with Crippen LogP contribution in [0.15, 0.2) is 60.7 Å². The molecule has 40 heavy (non-hydrogen) atoms. The van der Waals surface area contributed by atoms with Gasteiger partial charge in [-0.05, 0) is 48.4 Å². The Hall–Kier alpha value is -3.25. The number of likely N-dealkylation sites (tertiary alicyclic amines) is 1. The summed E-state index contributed by atoms with van der Waals surface area (Å²) in [4.78, 5) is 44.0. The van der Waals surface area contributed by atoms with E-state index in [2.05, 4.69) is 6.92 Å². The Labute approximate surface area is 236 Å². The SMILES string of the molecule is COc1cccc(CC(=O)C2C3C=CC4(O3)C2C(=O)N(Cc2ccc(C)cc2)C4C(=O)CC2CCCCC2C)c1. The van der Waals surface area contributed by atoms with Gasteiger partial charge < -0.3 is 14.4 Å². The zero-order chi connectivity index (χ0) is 28.0. The van der Waals surface area contributed by atoms with Crippen molar-refractivity contribution in [2.75, 3.05) is 7.11 Å². The quantitative estimate of drug-likeness (QED) is 0.406. The molecule has 2 saturated heterocycles. The minimum atomic E-state index is -1.09. The Kier molecular flexibility index (Phi) is 7.16. The first-order valence-corrected chi connectivity index (χ1v) is 14.7. The molecule has 7 unspecified atom stereocenters. The minimum absolute atomic E-state index is 0.0351. The highest BCUT2D eigenvalue weighted by atomic mass is 16.5. The molecule has 3 fully saturated rings. The van der Waals surface area contributed by atoms with E-state index in [0.29, 0.717) is 30.6 Å². The van der Waals surface area contributed by atoms with E-state index in [-0.39, 0.29) is 23.9 Å². The van der Waals surface area contributed by atoms with Crippen LogP contribution in [0.2, 0.25) is 0 Å². The van der Waals surface area contributed by atoms with E-state index >= 15 is 0 Å². The highest BCUT2D eigenvalue weighted by Gasteiger charge is 2.72. The lowest BCUT2D eigenvalue weighted by Crippen LogP contribution is -2.50. The van der Waals surface area contributed by atoms with Crippen LogP contribution in [0.3, 0.4) is 0 Å². The van der Waals surface area contributed by atoms with Crippen LogP contribution in [0, 0.1) is 30.6 Å². The van der Waals surface area contributed by atoms with Crippen molar-refractivity contribution < 1.29 is 23.9 Å². The summed E-state index contributed by atoms with van der Waals surface area (Å²) in [5, 5.41) is 0. The van der Waals surface area contributed by atoms with Crippen LogP contribution in [0.1, 0.15) is 55.7 Å². The summed E-state index contributed by atoms with van der Waals surface area (Å²) in [6.45, 7) is 4.60. The standard InChI is InChI=1S/C34H39NO5/c1-21-11-13-23(14-12-21)20-35-32(28(37)19-25-9-5-4-7-22(25)2)34-16-15-29(40-34)30(31(34)33(35)38)27(36)18-24-8-6-10-26(17-24)39-3/h6,8,10-17,22,25,29-32H,4-5,7,9,18-20H2,1-3H3. The highest BCUT2D eigenvalue weighted by molar-refractivity contribution is 6.01. The second-order valence-electron chi connectivity index (χ2n) is 12.3. The third-order valence-corrected chi connectivity index (χ3v) is 9.79. The van der Waals surface area contributed by atoms with Gasteiger partial charge in [0.15, 0.2) is 5.78 Å². The molecular formula is C34H39NO5. The largest absolute Gasteiger partial charge is 0.497 e. The normalized spacial score (nSPS) is 32.4. The number of nitrogens with zero attached hydrogens (tertiary/aromatic N) is 1. The number of carbonyl (C=O) groups is 3. The van der Waals surface area contributed by atoms with Crippen LogP contribution < -0.4 is 4.74 Å². The number of hydrogen-bond donors (Lipinski definition) is 0. The lowest BCUT2D eigenvalue weighted by atomic mass is 9.70. The summed E-state index contributed by atoms with van der Waals surface area (Å²) >= 11 is 0. The fourth-order valence-electron chi connectivity index (χ4n) is 7.64. The van der Waals surface area contributed by atoms with E-state index < -0.39 is 29.6 Å². The molecule has 2 aromatic carbocycles. The highest BCUT2D eigenvalue weighted by Crippen LogP contribution is 2.56. The maximum atomic E-state index is 14.3. The Morgan fingerprint density at radius 2 is 1.82 bits per heavy atom. The van der Waals surface area contributed by atoms with E-state index in [1.165, 1.54) is 6.42 Å². The molecule has 0 N–H and O–H groups in total. The van der Waals surface area contributed by atoms with Crippen molar-refractivity contribution in [1.82, 2.24) is 4.90 Å². The number of ketones is 2. The number of aryl methyl sites for hydroxylation is 1. The predicted molar refractivity (Wildman–Crippen MR) is 152 cm³/mol. The van der Waals surface area contributed by atoms with Crippen molar-refractivity contribution in [3.05, 3.63) is 77.4 Å². The zero-order valence-corrected chi connectivity index (χ0v) is 23.7. The number of Topliss-reactive ketones (excluding diaryl/α,β-unsaturated/α-hetero) is 2. The van der Waals surface area contributed by atoms with Crippen molar-refractivity contribution in [3.8, 4) is 5.75 Å². The van der Waals surface area contributed by atoms with Gasteiger partial charge in [0, 0.05) is 19.4 Å². The number of methoxy groups -OCH3 is 1. The van der Waals surface area contributed by atoms with Gasteiger partial charge in [-0.2, -0.15) is 0 Å². The molecule has 3 aliphatic heterocycles. The van der Waals surface area contributed by atoms with E-state index in [9.17, 15) is 14.4 Å². The van der Waals surface area contributed by atoms with Gasteiger partial charge in [0.2, 0.25) is 5.91 Å². The lowest BCUT2D eigenvalue weighted by Gasteiger charge is -2.35. The number of benzene rings is 2. The van der Waals surface area contributed by atoms with Crippen LogP contribution in [0.5, 0.6) is 5.75 Å². The molecule has 6 rings (SSSR count). The van der Waals surface area contributed by atoms with E-state index in [0.717, 1.165) is 36.0 Å². The van der Waals surface area contributed by atoms with E-state index in [4.69, 9.17) is 9.47 Å². The Bertz CT molecular complexity index is 1330. The van der Waals surface area contributed by atoms with Crippen molar-refractivity contribution >= 4 is 17.5 Å². The van der Waals surface area contributed by atoms with Gasteiger partial charge in [-0.3, -0.25) is 14.4 Å². The van der Waals surface area contributed by atoms with E-state index in [1.54, 1.807) is 12.0 Å². The molecule has 6 nitrogen and oxygen atoms in total. The molecule has 1 amide bonds. The Morgan fingerprint density at radius 3 is 2.58 bits per heavy atom. The number of ether oxygens (including phenoxy) is 2. The van der Waals surface area contributed by atoms with Gasteiger partial charge >= 0.3 is 0 Å². The average molecular weight is 542 g/mol. The van der Waals surface area contributed by atoms with Gasteiger partial charge in [0.25, 0.3) is 0 Å². The third-order valence-electron chi connectivity index (χ3n) is 9.79. The topological polar surface area (TPSA) is 72.9 Å². The maximum absolute atomic E-state index is 14.3. The van der Waals surface area contributed by atoms with Crippen molar-refractivity contribution in [2.24, 2.45) is 23.7 Å². The number of carbonyl (C=O) groups excluding carboxylic acids is 3. The van der Waals surface area contributed by atoms with Crippen LogP contribution in [-0.4, -0.2) is 47.2 Å². The lowest BCUT2D eigenvalue weighted by molar-refractivity contribution is -0.141. The third kappa shape index (κ3) is 4.60. The van der Waals surface area contributed by atoms with Gasteiger partial charge in [0.1, 0.15) is 23.2 Å². The number of amides is 1. The van der Waals surface area contributed by atoms with Gasteiger partial charge in [-0.15, -0.1) is 0 Å². The molecule has 1 aliphatic carbocycles. The first kappa shape index (κ1) is 26.9. The maximum Gasteiger partial charge on any atom is 0.230 e. The monoisotopic (exact) mass is 541 g/mol. The minimum Gasteiger partial charge on any atom is -0.497 e. The van der Waals surface area contributed by atoms with Crippen molar-refractivity contribution in [2.45, 2.75) is 76.7 Å². The van der Waals surface area contributed by atoms with E-state index in [1.807, 2.05) is 67.6 Å². The molecule has 2 aromatic rings. The Balaban J connectivity index is 1.32. The van der Waals surface area contributed by atoms with Gasteiger partial charge in [-0.1, -0.05) is 80.3 Å². The first-order chi connectivity index (χ1) is 19.3. The summed E-state index contributed by atoms with van der Waals surface area (Å²) in [6, 6.07) is 14.8. The van der Waals surface area contributed by atoms with Crippen LogP contribution >= 0.6 is 0 Å². The second-order valence-corrected chi connectivity index (χ2v) is 12.3. The molecule has 0 radical (unpaired) electrons. The molecule has 2 bridgehead atoms. The summed E-state index contributed by atoms with van der Waals surface area (Å²) in [6.07, 6.45) is 8.53. The second kappa shape index (κ2) is 10.6. The molecule has 4 aliphatic rings. The molecule has 6 heteroatoms. The van der Waals surface area contributed by atoms with Crippen molar-refractivity contribution in [3.63, 3.8) is 0 Å². The first-order valence-electron chi connectivity index (χ1n) is 14.7. The number of rotatable bonds is 9. The average Bonchev–Trinajstić information content (AvgIpc) is 3.59. The molecule has 3 heterocycles. The van der Waals surface area contributed by atoms with Crippen molar-refractivity contribution in [1.29, 1.82) is 0 Å². The molecule has 1 saturated carbocycles. The molecule has 0 aromatic heterocycles. The van der Waals surface area contributed by atoms with Crippen LogP contribution in [-0.2, 0) is 32.1 Å². The predicted octanol–water partition coefficient (Wildman–Crippen LogP) is 5.25. The Morgan fingerprint density at radius 1 is 1.05 bits per heavy atom. The number of fused-ring (bicyclic) bond motifs is 1. The number of hydrogen-bond acceptors (Lipinski definition) is 5. The summed E-state index contributed by atoms with van der Waals surface area (Å²) in [5.41, 5.74) is 1.86. The van der Waals surface area contributed by atoms with Gasteiger partial charge in [0.05, 0.1) is 25.0 Å². The molecule has 210 valence electrons. The van der Waals surface area contributed by atoms with Crippen LogP contribution in [0.4, 0.5) is 0 Å².